The van der Waals surface area contributed by atoms with Gasteiger partial charge in [-0.1, -0.05) is 23.4 Å². The molecule has 1 atom stereocenters. The molecule has 0 aliphatic heterocycles. The first-order valence-electron chi connectivity index (χ1n) is 7.99. The van der Waals surface area contributed by atoms with E-state index in [2.05, 4.69) is 25.6 Å². The van der Waals surface area contributed by atoms with Crippen molar-refractivity contribution in [3.63, 3.8) is 0 Å². The zero-order valence-electron chi connectivity index (χ0n) is 13.8. The van der Waals surface area contributed by atoms with Crippen molar-refractivity contribution in [3.8, 4) is 5.69 Å². The van der Waals surface area contributed by atoms with Crippen LogP contribution >= 0.6 is 0 Å². The Morgan fingerprint density at radius 3 is 2.81 bits per heavy atom. The number of fused-ring (bicyclic) bond motifs is 1. The molecule has 0 amide bonds. The zero-order valence-corrected chi connectivity index (χ0v) is 13.8. The minimum atomic E-state index is -0.571. The van der Waals surface area contributed by atoms with E-state index in [-0.39, 0.29) is 5.82 Å². The molecule has 4 rings (SSSR count). The van der Waals surface area contributed by atoms with E-state index in [1.165, 1.54) is 16.8 Å². The van der Waals surface area contributed by atoms with Crippen molar-refractivity contribution in [3.05, 3.63) is 66.1 Å². The standard InChI is InChI=1S/C18H15FN6O/c1-11(26)12-4-2-6-14(8-12)21-18-20-10-16-17(22-18)25(24-23-16)15-7-3-5-13(19)9-15/h2-11,26H,1H3,(H,20,21,22). The molecule has 26 heavy (non-hydrogen) atoms. The van der Waals surface area contributed by atoms with Crippen LogP contribution in [0.2, 0.25) is 0 Å². The molecule has 2 N–H and O–H groups in total. The summed E-state index contributed by atoms with van der Waals surface area (Å²) in [4.78, 5) is 8.67. The van der Waals surface area contributed by atoms with Gasteiger partial charge in [0.1, 0.15) is 5.82 Å². The summed E-state index contributed by atoms with van der Waals surface area (Å²) in [5, 5.41) is 20.8. The van der Waals surface area contributed by atoms with Crippen molar-refractivity contribution in [2.45, 2.75) is 13.0 Å². The van der Waals surface area contributed by atoms with Crippen molar-refractivity contribution in [2.75, 3.05) is 5.32 Å². The fourth-order valence-corrected chi connectivity index (χ4v) is 2.58. The summed E-state index contributed by atoms with van der Waals surface area (Å²) in [5.41, 5.74) is 3.00. The first kappa shape index (κ1) is 16.1. The molecule has 130 valence electrons. The van der Waals surface area contributed by atoms with Crippen LogP contribution in [0.15, 0.2) is 54.7 Å². The molecule has 0 radical (unpaired) electrons. The molecule has 0 aliphatic carbocycles. The SMILES string of the molecule is CC(O)c1cccc(Nc2ncc3nnn(-c4cccc(F)c4)c3n2)c1. The van der Waals surface area contributed by atoms with Gasteiger partial charge in [0.05, 0.1) is 18.0 Å². The summed E-state index contributed by atoms with van der Waals surface area (Å²) in [6, 6.07) is 13.4. The Bertz CT molecular complexity index is 1080. The van der Waals surface area contributed by atoms with Crippen LogP contribution in [-0.2, 0) is 0 Å². The van der Waals surface area contributed by atoms with E-state index < -0.39 is 6.10 Å². The Balaban J connectivity index is 1.71. The summed E-state index contributed by atoms with van der Waals surface area (Å²) in [7, 11) is 0. The topological polar surface area (TPSA) is 88.8 Å². The molecule has 0 saturated carbocycles. The molecule has 0 fully saturated rings. The molecule has 7 nitrogen and oxygen atoms in total. The van der Waals surface area contributed by atoms with Gasteiger partial charge in [0.25, 0.3) is 0 Å². The quantitative estimate of drug-likeness (QED) is 0.588. The number of hydrogen-bond acceptors (Lipinski definition) is 6. The van der Waals surface area contributed by atoms with Crippen LogP contribution in [0.5, 0.6) is 0 Å². The van der Waals surface area contributed by atoms with E-state index in [1.807, 2.05) is 24.3 Å². The van der Waals surface area contributed by atoms with Gasteiger partial charge in [-0.15, -0.1) is 5.10 Å². The van der Waals surface area contributed by atoms with Gasteiger partial charge in [0.2, 0.25) is 5.95 Å². The number of halogens is 1. The molecule has 4 aromatic rings. The molecule has 0 aliphatic rings. The highest BCUT2D eigenvalue weighted by Gasteiger charge is 2.11. The maximum absolute atomic E-state index is 13.5. The second kappa shape index (κ2) is 6.49. The van der Waals surface area contributed by atoms with Crippen molar-refractivity contribution in [1.82, 2.24) is 25.0 Å². The third-order valence-corrected chi connectivity index (χ3v) is 3.87. The number of aliphatic hydroxyl groups excluding tert-OH is 1. The van der Waals surface area contributed by atoms with Crippen LogP contribution in [0.1, 0.15) is 18.6 Å². The lowest BCUT2D eigenvalue weighted by Crippen LogP contribution is -2.02. The number of nitrogens with zero attached hydrogens (tertiary/aromatic N) is 5. The van der Waals surface area contributed by atoms with E-state index in [1.54, 1.807) is 25.3 Å². The molecule has 2 aromatic carbocycles. The van der Waals surface area contributed by atoms with Gasteiger partial charge in [0, 0.05) is 5.69 Å². The number of nitrogens with one attached hydrogen (secondary N) is 1. The Labute approximate surface area is 148 Å². The Hall–Kier alpha value is -3.39. The Morgan fingerprint density at radius 2 is 2.00 bits per heavy atom. The van der Waals surface area contributed by atoms with Gasteiger partial charge >= 0.3 is 0 Å². The molecule has 1 unspecified atom stereocenters. The molecule has 8 heteroatoms. The fraction of sp³-hybridized carbons (Fsp3) is 0.111. The van der Waals surface area contributed by atoms with Crippen LogP contribution in [0.3, 0.4) is 0 Å². The fourth-order valence-electron chi connectivity index (χ4n) is 2.58. The van der Waals surface area contributed by atoms with E-state index in [9.17, 15) is 9.50 Å². The zero-order chi connectivity index (χ0) is 18.1. The van der Waals surface area contributed by atoms with Crippen molar-refractivity contribution >= 4 is 22.8 Å². The number of aromatic nitrogens is 5. The molecular formula is C18H15FN6O. The van der Waals surface area contributed by atoms with Crippen molar-refractivity contribution in [2.24, 2.45) is 0 Å². The minimum absolute atomic E-state index is 0.347. The molecular weight excluding hydrogens is 335 g/mol. The lowest BCUT2D eigenvalue weighted by molar-refractivity contribution is 0.199. The lowest BCUT2D eigenvalue weighted by atomic mass is 10.1. The largest absolute Gasteiger partial charge is 0.389 e. The highest BCUT2D eigenvalue weighted by molar-refractivity contribution is 5.72. The van der Waals surface area contributed by atoms with Crippen molar-refractivity contribution < 1.29 is 9.50 Å². The predicted molar refractivity (Wildman–Crippen MR) is 94.8 cm³/mol. The predicted octanol–water partition coefficient (Wildman–Crippen LogP) is 3.15. The van der Waals surface area contributed by atoms with Gasteiger partial charge in [-0.05, 0) is 42.8 Å². The highest BCUT2D eigenvalue weighted by atomic mass is 19.1. The van der Waals surface area contributed by atoms with Crippen molar-refractivity contribution in [1.29, 1.82) is 0 Å². The summed E-state index contributed by atoms with van der Waals surface area (Å²) in [6.45, 7) is 1.70. The van der Waals surface area contributed by atoms with Crippen LogP contribution in [-0.4, -0.2) is 30.1 Å². The Kier molecular flexibility index (Phi) is 4.02. The van der Waals surface area contributed by atoms with Gasteiger partial charge < -0.3 is 10.4 Å². The summed E-state index contributed by atoms with van der Waals surface area (Å²) < 4.78 is 15.0. The van der Waals surface area contributed by atoms with Crippen LogP contribution in [0, 0.1) is 5.82 Å². The molecule has 2 aromatic heterocycles. The second-order valence-corrected chi connectivity index (χ2v) is 5.81. The highest BCUT2D eigenvalue weighted by Crippen LogP contribution is 2.21. The lowest BCUT2D eigenvalue weighted by Gasteiger charge is -2.09. The van der Waals surface area contributed by atoms with Gasteiger partial charge in [-0.3, -0.25) is 0 Å². The van der Waals surface area contributed by atoms with Crippen LogP contribution in [0.4, 0.5) is 16.0 Å². The minimum Gasteiger partial charge on any atom is -0.389 e. The average molecular weight is 350 g/mol. The molecule has 0 bridgehead atoms. The number of anilines is 2. The number of aliphatic hydroxyl groups is 1. The number of benzene rings is 2. The van der Waals surface area contributed by atoms with E-state index in [4.69, 9.17) is 0 Å². The second-order valence-electron chi connectivity index (χ2n) is 5.81. The smallest absolute Gasteiger partial charge is 0.229 e. The normalized spacial score (nSPS) is 12.3. The maximum atomic E-state index is 13.5. The first-order valence-corrected chi connectivity index (χ1v) is 7.99. The van der Waals surface area contributed by atoms with E-state index in [0.717, 1.165) is 11.3 Å². The monoisotopic (exact) mass is 350 g/mol. The third-order valence-electron chi connectivity index (χ3n) is 3.87. The summed E-state index contributed by atoms with van der Waals surface area (Å²) in [5.74, 6) is -0.0197. The third kappa shape index (κ3) is 3.09. The average Bonchev–Trinajstić information content (AvgIpc) is 3.05. The van der Waals surface area contributed by atoms with Gasteiger partial charge in [0.15, 0.2) is 11.2 Å². The summed E-state index contributed by atoms with van der Waals surface area (Å²) in [6.07, 6.45) is 0.977. The molecule has 0 saturated heterocycles. The number of rotatable bonds is 4. The van der Waals surface area contributed by atoms with Crippen LogP contribution in [0.25, 0.3) is 16.9 Å². The Morgan fingerprint density at radius 1 is 1.15 bits per heavy atom. The van der Waals surface area contributed by atoms with Gasteiger partial charge in [-0.25, -0.2) is 9.37 Å². The molecule has 0 spiro atoms. The van der Waals surface area contributed by atoms with E-state index >= 15 is 0 Å². The maximum Gasteiger partial charge on any atom is 0.229 e. The van der Waals surface area contributed by atoms with Gasteiger partial charge in [-0.2, -0.15) is 9.67 Å². The summed E-state index contributed by atoms with van der Waals surface area (Å²) >= 11 is 0. The van der Waals surface area contributed by atoms with Crippen LogP contribution < -0.4 is 5.32 Å². The molecule has 2 heterocycles. The number of hydrogen-bond donors (Lipinski definition) is 2. The van der Waals surface area contributed by atoms with E-state index in [0.29, 0.717) is 22.8 Å². The first-order chi connectivity index (χ1) is 12.6.